The standard InChI is InChI=1S/C16H15FN4O2/c1-3-10-6-12(7-11(9-18)15(10)17)23-13-8-14-20(2)4-5-21(14)16(22)19-13/h6-8H,3-5H2,1-2H3. The Hall–Kier alpha value is -2.88. The third-order valence-electron chi connectivity index (χ3n) is 3.86. The first-order valence-electron chi connectivity index (χ1n) is 7.27. The van der Waals surface area contributed by atoms with E-state index in [0.717, 1.165) is 12.4 Å². The zero-order valence-corrected chi connectivity index (χ0v) is 12.8. The topological polar surface area (TPSA) is 71.2 Å². The molecular weight excluding hydrogens is 299 g/mol. The van der Waals surface area contributed by atoms with Crippen LogP contribution in [0.4, 0.5) is 10.2 Å². The lowest BCUT2D eigenvalue weighted by atomic mass is 10.1. The fourth-order valence-electron chi connectivity index (χ4n) is 2.59. The van der Waals surface area contributed by atoms with E-state index in [9.17, 15) is 9.18 Å². The van der Waals surface area contributed by atoms with Crippen molar-refractivity contribution in [2.24, 2.45) is 0 Å². The molecule has 2 heterocycles. The number of aryl methyl sites for hydroxylation is 1. The van der Waals surface area contributed by atoms with E-state index in [1.165, 1.54) is 12.1 Å². The smallest absolute Gasteiger partial charge is 0.352 e. The lowest BCUT2D eigenvalue weighted by Crippen LogP contribution is -2.21. The first kappa shape index (κ1) is 15.0. The van der Waals surface area contributed by atoms with Gasteiger partial charge in [-0.3, -0.25) is 4.57 Å². The second-order valence-electron chi connectivity index (χ2n) is 5.32. The molecule has 0 saturated heterocycles. The van der Waals surface area contributed by atoms with Crippen molar-refractivity contribution >= 4 is 5.82 Å². The number of hydrogen-bond donors (Lipinski definition) is 0. The fraction of sp³-hybridized carbons (Fsp3) is 0.312. The van der Waals surface area contributed by atoms with Crippen LogP contribution in [0.1, 0.15) is 18.1 Å². The molecule has 1 aromatic heterocycles. The minimum atomic E-state index is -0.538. The van der Waals surface area contributed by atoms with Crippen LogP contribution in [0.3, 0.4) is 0 Å². The van der Waals surface area contributed by atoms with Gasteiger partial charge in [0.05, 0.1) is 5.56 Å². The van der Waals surface area contributed by atoms with Crippen molar-refractivity contribution in [3.8, 4) is 17.7 Å². The average Bonchev–Trinajstić information content (AvgIpc) is 2.91. The molecule has 0 spiro atoms. The summed E-state index contributed by atoms with van der Waals surface area (Å²) in [5.74, 6) is 0.604. The molecule has 1 aliphatic rings. The van der Waals surface area contributed by atoms with Gasteiger partial charge in [0.15, 0.2) is 0 Å². The number of nitriles is 1. The highest BCUT2D eigenvalue weighted by Crippen LogP contribution is 2.27. The predicted octanol–water partition coefficient (Wildman–Crippen LogP) is 2.06. The second kappa shape index (κ2) is 5.72. The van der Waals surface area contributed by atoms with E-state index in [-0.39, 0.29) is 22.9 Å². The molecule has 0 aliphatic carbocycles. The number of ether oxygens (including phenoxy) is 1. The first-order chi connectivity index (χ1) is 11.0. The SMILES string of the molecule is CCc1cc(Oc2cc3n(c(=O)n2)CCN3C)cc(C#N)c1F. The Morgan fingerprint density at radius 2 is 2.17 bits per heavy atom. The average molecular weight is 314 g/mol. The molecule has 23 heavy (non-hydrogen) atoms. The third kappa shape index (κ3) is 2.63. The maximum absolute atomic E-state index is 13.9. The summed E-state index contributed by atoms with van der Waals surface area (Å²) in [4.78, 5) is 17.8. The minimum absolute atomic E-state index is 0.0886. The van der Waals surface area contributed by atoms with Crippen LogP contribution in [0, 0.1) is 17.1 Å². The molecule has 1 aromatic carbocycles. The zero-order chi connectivity index (χ0) is 16.6. The third-order valence-corrected chi connectivity index (χ3v) is 3.86. The molecule has 0 amide bonds. The molecule has 0 radical (unpaired) electrons. The summed E-state index contributed by atoms with van der Waals surface area (Å²) in [5.41, 5.74) is -0.0939. The van der Waals surface area contributed by atoms with Crippen LogP contribution in [0.25, 0.3) is 0 Å². The number of nitrogens with zero attached hydrogens (tertiary/aromatic N) is 4. The molecule has 3 rings (SSSR count). The van der Waals surface area contributed by atoms with Gasteiger partial charge in [-0.1, -0.05) is 6.92 Å². The highest BCUT2D eigenvalue weighted by atomic mass is 19.1. The Bertz CT molecular complexity index is 870. The lowest BCUT2D eigenvalue weighted by Gasteiger charge is -2.13. The molecule has 0 atom stereocenters. The number of likely N-dealkylation sites (N-methyl/N-ethyl adjacent to an activating group) is 1. The molecule has 0 unspecified atom stereocenters. The van der Waals surface area contributed by atoms with Crippen LogP contribution in [0.2, 0.25) is 0 Å². The van der Waals surface area contributed by atoms with E-state index >= 15 is 0 Å². The Morgan fingerprint density at radius 1 is 1.39 bits per heavy atom. The van der Waals surface area contributed by atoms with Crippen LogP contribution in [0.5, 0.6) is 11.6 Å². The van der Waals surface area contributed by atoms with Gasteiger partial charge in [0.25, 0.3) is 0 Å². The molecule has 0 N–H and O–H groups in total. The number of hydrogen-bond acceptors (Lipinski definition) is 5. The Morgan fingerprint density at radius 3 is 2.87 bits per heavy atom. The van der Waals surface area contributed by atoms with Crippen LogP contribution in [-0.4, -0.2) is 23.1 Å². The monoisotopic (exact) mass is 314 g/mol. The summed E-state index contributed by atoms with van der Waals surface area (Å²) >= 11 is 0. The summed E-state index contributed by atoms with van der Waals surface area (Å²) in [6.07, 6.45) is 0.431. The summed E-state index contributed by atoms with van der Waals surface area (Å²) in [5, 5.41) is 9.01. The van der Waals surface area contributed by atoms with Gasteiger partial charge in [0, 0.05) is 32.3 Å². The maximum Gasteiger partial charge on any atom is 0.352 e. The van der Waals surface area contributed by atoms with Gasteiger partial charge in [0.2, 0.25) is 5.88 Å². The molecule has 2 aromatic rings. The zero-order valence-electron chi connectivity index (χ0n) is 12.8. The number of anilines is 1. The van der Waals surface area contributed by atoms with E-state index in [2.05, 4.69) is 4.98 Å². The van der Waals surface area contributed by atoms with Crippen LogP contribution in [0.15, 0.2) is 23.0 Å². The van der Waals surface area contributed by atoms with Crippen LogP contribution in [-0.2, 0) is 13.0 Å². The van der Waals surface area contributed by atoms with Gasteiger partial charge in [-0.25, -0.2) is 9.18 Å². The van der Waals surface area contributed by atoms with E-state index in [1.807, 2.05) is 11.9 Å². The number of rotatable bonds is 3. The number of fused-ring (bicyclic) bond motifs is 1. The van der Waals surface area contributed by atoms with Gasteiger partial charge in [-0.05, 0) is 18.1 Å². The Balaban J connectivity index is 2.01. The molecule has 7 heteroatoms. The van der Waals surface area contributed by atoms with E-state index < -0.39 is 5.82 Å². The second-order valence-corrected chi connectivity index (χ2v) is 5.32. The molecule has 118 valence electrons. The van der Waals surface area contributed by atoms with Gasteiger partial charge in [0.1, 0.15) is 23.5 Å². The van der Waals surface area contributed by atoms with Crippen molar-refractivity contribution in [3.63, 3.8) is 0 Å². The highest BCUT2D eigenvalue weighted by Gasteiger charge is 2.19. The van der Waals surface area contributed by atoms with Crippen molar-refractivity contribution in [3.05, 3.63) is 45.6 Å². The summed E-state index contributed by atoms with van der Waals surface area (Å²) < 4.78 is 21.1. The summed E-state index contributed by atoms with van der Waals surface area (Å²) in [7, 11) is 1.88. The first-order valence-corrected chi connectivity index (χ1v) is 7.27. The van der Waals surface area contributed by atoms with E-state index in [0.29, 0.717) is 18.5 Å². The molecule has 0 bridgehead atoms. The fourth-order valence-corrected chi connectivity index (χ4v) is 2.59. The maximum atomic E-state index is 13.9. The minimum Gasteiger partial charge on any atom is -0.439 e. The summed E-state index contributed by atoms with van der Waals surface area (Å²) in [6.45, 7) is 3.11. The van der Waals surface area contributed by atoms with Gasteiger partial charge in [-0.15, -0.1) is 0 Å². The normalized spacial score (nSPS) is 12.9. The largest absolute Gasteiger partial charge is 0.439 e. The van der Waals surface area contributed by atoms with E-state index in [4.69, 9.17) is 10.00 Å². The number of benzene rings is 1. The molecule has 1 aliphatic heterocycles. The van der Waals surface area contributed by atoms with Crippen molar-refractivity contribution in [2.75, 3.05) is 18.5 Å². The number of aromatic nitrogens is 2. The van der Waals surface area contributed by atoms with Gasteiger partial charge >= 0.3 is 5.69 Å². The predicted molar refractivity (Wildman–Crippen MR) is 82.3 cm³/mol. The molecule has 6 nitrogen and oxygen atoms in total. The Labute approximate surface area is 132 Å². The van der Waals surface area contributed by atoms with Crippen molar-refractivity contribution < 1.29 is 9.13 Å². The summed E-state index contributed by atoms with van der Waals surface area (Å²) in [6, 6.07) is 6.30. The van der Waals surface area contributed by atoms with Crippen LogP contribution >= 0.6 is 0 Å². The van der Waals surface area contributed by atoms with Crippen molar-refractivity contribution in [1.82, 2.24) is 9.55 Å². The Kier molecular flexibility index (Phi) is 3.74. The van der Waals surface area contributed by atoms with Gasteiger partial charge in [-0.2, -0.15) is 10.2 Å². The van der Waals surface area contributed by atoms with E-state index in [1.54, 1.807) is 23.6 Å². The van der Waals surface area contributed by atoms with Crippen molar-refractivity contribution in [2.45, 2.75) is 19.9 Å². The quantitative estimate of drug-likeness (QED) is 0.867. The molecular formula is C16H15FN4O2. The van der Waals surface area contributed by atoms with Gasteiger partial charge < -0.3 is 9.64 Å². The lowest BCUT2D eigenvalue weighted by molar-refractivity contribution is 0.453. The van der Waals surface area contributed by atoms with Crippen LogP contribution < -0.4 is 15.3 Å². The molecule has 0 saturated carbocycles. The molecule has 0 fully saturated rings. The highest BCUT2D eigenvalue weighted by molar-refractivity contribution is 5.47. The number of halogens is 1. The van der Waals surface area contributed by atoms with Crippen molar-refractivity contribution in [1.29, 1.82) is 5.26 Å².